The first-order valence-corrected chi connectivity index (χ1v) is 11.7. The maximum Gasteiger partial charge on any atom is 0.251 e. The molecular formula is C29H30N2O4. The van der Waals surface area contributed by atoms with E-state index in [0.717, 1.165) is 23.4 Å². The number of methoxy groups -OCH3 is 1. The molecule has 4 rings (SSSR count). The SMILES string of the molecule is COc1cc(C(=O)NCCC(c2ccccc2)c2ccccc2)ccc1OCc1c(C)noc1C. The molecule has 0 bridgehead atoms. The van der Waals surface area contributed by atoms with E-state index in [1.165, 1.54) is 11.1 Å². The van der Waals surface area contributed by atoms with Crippen molar-refractivity contribution < 1.29 is 18.8 Å². The molecule has 180 valence electrons. The molecule has 1 N–H and O–H groups in total. The number of nitrogens with zero attached hydrogens (tertiary/aromatic N) is 1. The largest absolute Gasteiger partial charge is 0.493 e. The molecule has 0 spiro atoms. The van der Waals surface area contributed by atoms with Gasteiger partial charge in [-0.2, -0.15) is 0 Å². The zero-order valence-electron chi connectivity index (χ0n) is 20.3. The Hall–Kier alpha value is -4.06. The number of benzene rings is 3. The lowest BCUT2D eigenvalue weighted by molar-refractivity contribution is 0.0952. The Morgan fingerprint density at radius 1 is 0.943 bits per heavy atom. The second kappa shape index (κ2) is 11.4. The van der Waals surface area contributed by atoms with Crippen molar-refractivity contribution in [3.8, 4) is 11.5 Å². The van der Waals surface area contributed by atoms with Crippen LogP contribution in [0.25, 0.3) is 0 Å². The summed E-state index contributed by atoms with van der Waals surface area (Å²) in [7, 11) is 1.56. The maximum atomic E-state index is 12.9. The molecule has 0 atom stereocenters. The summed E-state index contributed by atoms with van der Waals surface area (Å²) in [5, 5.41) is 7.00. The van der Waals surface area contributed by atoms with Crippen molar-refractivity contribution in [3.05, 3.63) is 113 Å². The molecule has 1 amide bonds. The third-order valence-corrected chi connectivity index (χ3v) is 6.10. The average Bonchev–Trinajstić information content (AvgIpc) is 3.22. The van der Waals surface area contributed by atoms with E-state index in [1.807, 2.05) is 50.2 Å². The summed E-state index contributed by atoms with van der Waals surface area (Å²) in [6.45, 7) is 4.58. The Labute approximate surface area is 205 Å². The third kappa shape index (κ3) is 5.90. The van der Waals surface area contributed by atoms with Gasteiger partial charge in [0.1, 0.15) is 12.4 Å². The van der Waals surface area contributed by atoms with Crippen LogP contribution in [0, 0.1) is 13.8 Å². The fourth-order valence-corrected chi connectivity index (χ4v) is 4.11. The monoisotopic (exact) mass is 470 g/mol. The highest BCUT2D eigenvalue weighted by atomic mass is 16.5. The molecule has 6 nitrogen and oxygen atoms in total. The number of carbonyl (C=O) groups is 1. The van der Waals surface area contributed by atoms with E-state index in [0.29, 0.717) is 30.2 Å². The van der Waals surface area contributed by atoms with E-state index in [4.69, 9.17) is 14.0 Å². The quantitative estimate of drug-likeness (QED) is 0.316. The molecule has 1 aromatic heterocycles. The summed E-state index contributed by atoms with van der Waals surface area (Å²) in [5.41, 5.74) is 4.67. The van der Waals surface area contributed by atoms with Crippen LogP contribution >= 0.6 is 0 Å². The van der Waals surface area contributed by atoms with Crippen LogP contribution in [0.15, 0.2) is 83.4 Å². The average molecular weight is 471 g/mol. The molecule has 3 aromatic carbocycles. The van der Waals surface area contributed by atoms with Crippen LogP contribution < -0.4 is 14.8 Å². The van der Waals surface area contributed by atoms with E-state index in [9.17, 15) is 4.79 Å². The number of ether oxygens (including phenoxy) is 2. The van der Waals surface area contributed by atoms with Crippen LogP contribution in [-0.2, 0) is 6.61 Å². The van der Waals surface area contributed by atoms with E-state index in [1.54, 1.807) is 25.3 Å². The van der Waals surface area contributed by atoms with Crippen molar-refractivity contribution >= 4 is 5.91 Å². The summed E-state index contributed by atoms with van der Waals surface area (Å²) in [5.74, 6) is 1.82. The van der Waals surface area contributed by atoms with Crippen molar-refractivity contribution in [1.82, 2.24) is 10.5 Å². The van der Waals surface area contributed by atoms with Gasteiger partial charge in [-0.1, -0.05) is 65.8 Å². The second-order valence-electron chi connectivity index (χ2n) is 8.38. The molecule has 0 aliphatic rings. The van der Waals surface area contributed by atoms with Crippen molar-refractivity contribution in [2.75, 3.05) is 13.7 Å². The molecular weight excluding hydrogens is 440 g/mol. The summed E-state index contributed by atoms with van der Waals surface area (Å²) < 4.78 is 16.6. The fourth-order valence-electron chi connectivity index (χ4n) is 4.11. The van der Waals surface area contributed by atoms with Gasteiger partial charge in [0, 0.05) is 18.0 Å². The lowest BCUT2D eigenvalue weighted by Crippen LogP contribution is -2.26. The van der Waals surface area contributed by atoms with Crippen LogP contribution in [-0.4, -0.2) is 24.7 Å². The molecule has 0 unspecified atom stereocenters. The van der Waals surface area contributed by atoms with E-state index in [2.05, 4.69) is 34.7 Å². The number of aromatic nitrogens is 1. The molecule has 0 radical (unpaired) electrons. The van der Waals surface area contributed by atoms with Gasteiger partial charge in [-0.15, -0.1) is 0 Å². The van der Waals surface area contributed by atoms with Crippen LogP contribution in [0.2, 0.25) is 0 Å². The Morgan fingerprint density at radius 2 is 1.60 bits per heavy atom. The summed E-state index contributed by atoms with van der Waals surface area (Å²) >= 11 is 0. The molecule has 0 saturated heterocycles. The first-order valence-electron chi connectivity index (χ1n) is 11.7. The van der Waals surface area contributed by atoms with Crippen molar-refractivity contribution in [2.45, 2.75) is 32.8 Å². The molecule has 6 heteroatoms. The summed E-state index contributed by atoms with van der Waals surface area (Å²) in [6, 6.07) is 25.9. The minimum atomic E-state index is -0.152. The van der Waals surface area contributed by atoms with Crippen molar-refractivity contribution in [1.29, 1.82) is 0 Å². The highest BCUT2D eigenvalue weighted by Gasteiger charge is 2.16. The number of hydrogen-bond acceptors (Lipinski definition) is 5. The molecule has 0 aliphatic heterocycles. The Balaban J connectivity index is 1.40. The number of carbonyl (C=O) groups excluding carboxylic acids is 1. The highest BCUT2D eigenvalue weighted by Crippen LogP contribution is 2.30. The van der Waals surface area contributed by atoms with Gasteiger partial charge in [-0.3, -0.25) is 4.79 Å². The third-order valence-electron chi connectivity index (χ3n) is 6.10. The van der Waals surface area contributed by atoms with Gasteiger partial charge in [0.05, 0.1) is 18.4 Å². The lowest BCUT2D eigenvalue weighted by Gasteiger charge is -2.18. The zero-order valence-corrected chi connectivity index (χ0v) is 20.3. The van der Waals surface area contributed by atoms with Gasteiger partial charge in [0.25, 0.3) is 5.91 Å². The van der Waals surface area contributed by atoms with Crippen LogP contribution in [0.1, 0.15) is 50.8 Å². The van der Waals surface area contributed by atoms with E-state index in [-0.39, 0.29) is 11.8 Å². The van der Waals surface area contributed by atoms with Gasteiger partial charge < -0.3 is 19.3 Å². The van der Waals surface area contributed by atoms with E-state index >= 15 is 0 Å². The fraction of sp³-hybridized carbons (Fsp3) is 0.241. The van der Waals surface area contributed by atoms with Crippen LogP contribution in [0.3, 0.4) is 0 Å². The van der Waals surface area contributed by atoms with Crippen molar-refractivity contribution in [3.63, 3.8) is 0 Å². The molecule has 1 heterocycles. The Kier molecular flexibility index (Phi) is 7.83. The summed E-state index contributed by atoms with van der Waals surface area (Å²) in [4.78, 5) is 12.9. The number of amides is 1. The minimum absolute atomic E-state index is 0.152. The lowest BCUT2D eigenvalue weighted by atomic mass is 9.88. The van der Waals surface area contributed by atoms with Gasteiger partial charge in [-0.05, 0) is 49.6 Å². The first kappa shape index (κ1) is 24.1. The number of rotatable bonds is 10. The number of hydrogen-bond donors (Lipinski definition) is 1. The smallest absolute Gasteiger partial charge is 0.251 e. The van der Waals surface area contributed by atoms with Crippen LogP contribution in [0.4, 0.5) is 0 Å². The maximum absolute atomic E-state index is 12.9. The number of aryl methyl sites for hydroxylation is 2. The Bertz CT molecular complexity index is 1190. The first-order chi connectivity index (χ1) is 17.1. The minimum Gasteiger partial charge on any atom is -0.493 e. The topological polar surface area (TPSA) is 73.6 Å². The predicted molar refractivity (Wildman–Crippen MR) is 135 cm³/mol. The normalized spacial score (nSPS) is 10.9. The molecule has 4 aromatic rings. The van der Waals surface area contributed by atoms with Gasteiger partial charge in [0.15, 0.2) is 11.5 Å². The van der Waals surface area contributed by atoms with Crippen LogP contribution in [0.5, 0.6) is 11.5 Å². The van der Waals surface area contributed by atoms with Gasteiger partial charge in [-0.25, -0.2) is 0 Å². The molecule has 35 heavy (non-hydrogen) atoms. The molecule has 0 aliphatic carbocycles. The van der Waals surface area contributed by atoms with Crippen molar-refractivity contribution in [2.24, 2.45) is 0 Å². The predicted octanol–water partition coefficient (Wildman–Crippen LogP) is 5.83. The standard InChI is InChI=1S/C29H30N2O4/c1-20-26(21(2)35-31-20)19-34-27-15-14-24(18-28(27)33-3)29(32)30-17-16-25(22-10-6-4-7-11-22)23-12-8-5-9-13-23/h4-15,18,25H,16-17,19H2,1-3H3,(H,30,32). The highest BCUT2D eigenvalue weighted by molar-refractivity contribution is 5.94. The molecule has 0 saturated carbocycles. The van der Waals surface area contributed by atoms with Gasteiger partial charge >= 0.3 is 0 Å². The summed E-state index contributed by atoms with van der Waals surface area (Å²) in [6.07, 6.45) is 0.787. The van der Waals surface area contributed by atoms with E-state index < -0.39 is 0 Å². The Morgan fingerprint density at radius 3 is 2.17 bits per heavy atom. The zero-order chi connectivity index (χ0) is 24.6. The van der Waals surface area contributed by atoms with Gasteiger partial charge in [0.2, 0.25) is 0 Å². The second-order valence-corrected chi connectivity index (χ2v) is 8.38. The number of nitrogens with one attached hydrogen (secondary N) is 1. The molecule has 0 fully saturated rings.